The monoisotopic (exact) mass is 249 g/mol. The van der Waals surface area contributed by atoms with Crippen LogP contribution in [-0.2, 0) is 0 Å². The molecule has 1 aromatic heterocycles. The molecule has 1 aliphatic heterocycles. The molecule has 0 radical (unpaired) electrons. The lowest BCUT2D eigenvalue weighted by Crippen LogP contribution is -2.43. The Bertz CT molecular complexity index is 393. The smallest absolute Gasteiger partial charge is 0.226 e. The zero-order valence-corrected chi connectivity index (χ0v) is 11.5. The molecule has 0 aromatic carbocycles. The van der Waals surface area contributed by atoms with Gasteiger partial charge in [-0.25, -0.2) is 4.98 Å². The summed E-state index contributed by atoms with van der Waals surface area (Å²) in [4.78, 5) is 13.1. The van der Waals surface area contributed by atoms with Gasteiger partial charge in [-0.1, -0.05) is 6.92 Å². The SMILES string of the molecule is CC1CCN(c2ccnc(N(C)C)n2)CC1CN. The predicted molar refractivity (Wildman–Crippen MR) is 74.9 cm³/mol. The first kappa shape index (κ1) is 13.1. The van der Waals surface area contributed by atoms with Gasteiger partial charge < -0.3 is 15.5 Å². The molecule has 0 amide bonds. The molecule has 2 N–H and O–H groups in total. The Morgan fingerprint density at radius 2 is 2.28 bits per heavy atom. The Morgan fingerprint density at radius 3 is 2.94 bits per heavy atom. The van der Waals surface area contributed by atoms with Crippen molar-refractivity contribution in [2.45, 2.75) is 13.3 Å². The molecular formula is C13H23N5. The second-order valence-electron chi connectivity index (χ2n) is 5.32. The van der Waals surface area contributed by atoms with E-state index in [9.17, 15) is 0 Å². The van der Waals surface area contributed by atoms with Crippen molar-refractivity contribution in [1.29, 1.82) is 0 Å². The molecule has 5 nitrogen and oxygen atoms in total. The van der Waals surface area contributed by atoms with E-state index >= 15 is 0 Å². The van der Waals surface area contributed by atoms with Gasteiger partial charge in [0.05, 0.1) is 0 Å². The molecule has 1 saturated heterocycles. The van der Waals surface area contributed by atoms with E-state index in [1.54, 1.807) is 0 Å². The first-order valence-electron chi connectivity index (χ1n) is 6.57. The van der Waals surface area contributed by atoms with E-state index in [2.05, 4.69) is 21.8 Å². The van der Waals surface area contributed by atoms with Crippen molar-refractivity contribution in [2.75, 3.05) is 43.5 Å². The summed E-state index contributed by atoms with van der Waals surface area (Å²) < 4.78 is 0. The lowest BCUT2D eigenvalue weighted by molar-refractivity contribution is 0.307. The van der Waals surface area contributed by atoms with Gasteiger partial charge in [0.25, 0.3) is 0 Å². The van der Waals surface area contributed by atoms with E-state index in [1.165, 1.54) is 6.42 Å². The standard InChI is InChI=1S/C13H23N5/c1-10-5-7-18(9-11(10)8-14)12-4-6-15-13(16-12)17(2)3/h4,6,10-11H,5,7-9,14H2,1-3H3. The molecule has 0 aliphatic carbocycles. The maximum Gasteiger partial charge on any atom is 0.226 e. The Balaban J connectivity index is 2.14. The summed E-state index contributed by atoms with van der Waals surface area (Å²) in [7, 11) is 3.92. The molecule has 2 atom stereocenters. The van der Waals surface area contributed by atoms with E-state index < -0.39 is 0 Å². The number of nitrogens with two attached hydrogens (primary N) is 1. The molecule has 0 saturated carbocycles. The van der Waals surface area contributed by atoms with Crippen LogP contribution >= 0.6 is 0 Å². The highest BCUT2D eigenvalue weighted by Crippen LogP contribution is 2.26. The van der Waals surface area contributed by atoms with Gasteiger partial charge in [0.1, 0.15) is 5.82 Å². The van der Waals surface area contributed by atoms with Crippen LogP contribution in [0.3, 0.4) is 0 Å². The third-order valence-electron chi connectivity index (χ3n) is 3.77. The average molecular weight is 249 g/mol. The summed E-state index contributed by atoms with van der Waals surface area (Å²) in [6, 6.07) is 1.98. The Kier molecular flexibility index (Phi) is 4.01. The number of hydrogen-bond donors (Lipinski definition) is 1. The lowest BCUT2D eigenvalue weighted by atomic mass is 9.87. The van der Waals surface area contributed by atoms with Crippen molar-refractivity contribution in [3.05, 3.63) is 12.3 Å². The van der Waals surface area contributed by atoms with Gasteiger partial charge in [-0.2, -0.15) is 4.98 Å². The summed E-state index contributed by atoms with van der Waals surface area (Å²) in [5.74, 6) is 3.05. The predicted octanol–water partition coefficient (Wildman–Crippen LogP) is 0.964. The minimum absolute atomic E-state index is 0.566. The summed E-state index contributed by atoms with van der Waals surface area (Å²) in [5.41, 5.74) is 5.84. The average Bonchev–Trinajstić information content (AvgIpc) is 2.39. The molecule has 1 fully saturated rings. The van der Waals surface area contributed by atoms with Crippen molar-refractivity contribution >= 4 is 11.8 Å². The number of piperidine rings is 1. The van der Waals surface area contributed by atoms with Gasteiger partial charge >= 0.3 is 0 Å². The van der Waals surface area contributed by atoms with Crippen LogP contribution in [0, 0.1) is 11.8 Å². The normalized spacial score (nSPS) is 24.1. The van der Waals surface area contributed by atoms with Crippen LogP contribution < -0.4 is 15.5 Å². The van der Waals surface area contributed by atoms with Crippen LogP contribution in [0.5, 0.6) is 0 Å². The maximum atomic E-state index is 5.84. The molecular weight excluding hydrogens is 226 g/mol. The molecule has 5 heteroatoms. The van der Waals surface area contributed by atoms with E-state index in [-0.39, 0.29) is 0 Å². The zero-order valence-electron chi connectivity index (χ0n) is 11.5. The minimum atomic E-state index is 0.566. The molecule has 2 unspecified atom stereocenters. The highest BCUT2D eigenvalue weighted by Gasteiger charge is 2.25. The van der Waals surface area contributed by atoms with E-state index in [0.717, 1.165) is 31.4 Å². The Morgan fingerprint density at radius 1 is 1.50 bits per heavy atom. The summed E-state index contributed by atoms with van der Waals surface area (Å²) in [6.07, 6.45) is 3.01. The number of nitrogens with zero attached hydrogens (tertiary/aromatic N) is 4. The first-order chi connectivity index (χ1) is 8.61. The van der Waals surface area contributed by atoms with E-state index in [0.29, 0.717) is 11.8 Å². The van der Waals surface area contributed by atoms with Crippen LogP contribution in [0.1, 0.15) is 13.3 Å². The Hall–Kier alpha value is -1.36. The van der Waals surface area contributed by atoms with Gasteiger partial charge in [-0.15, -0.1) is 0 Å². The summed E-state index contributed by atoms with van der Waals surface area (Å²) in [5, 5.41) is 0. The molecule has 100 valence electrons. The van der Waals surface area contributed by atoms with Crippen LogP contribution in [0.15, 0.2) is 12.3 Å². The van der Waals surface area contributed by atoms with Gasteiger partial charge in [0, 0.05) is 33.4 Å². The van der Waals surface area contributed by atoms with Gasteiger partial charge in [0.2, 0.25) is 5.95 Å². The van der Waals surface area contributed by atoms with E-state index in [4.69, 9.17) is 5.73 Å². The second kappa shape index (κ2) is 5.52. The van der Waals surface area contributed by atoms with Crippen LogP contribution in [-0.4, -0.2) is 43.7 Å². The molecule has 1 aliphatic rings. The van der Waals surface area contributed by atoms with Crippen molar-refractivity contribution in [2.24, 2.45) is 17.6 Å². The zero-order chi connectivity index (χ0) is 13.1. The molecule has 18 heavy (non-hydrogen) atoms. The quantitative estimate of drug-likeness (QED) is 0.865. The lowest BCUT2D eigenvalue weighted by Gasteiger charge is -2.37. The third kappa shape index (κ3) is 2.72. The maximum absolute atomic E-state index is 5.84. The first-order valence-corrected chi connectivity index (χ1v) is 6.57. The molecule has 0 bridgehead atoms. The fourth-order valence-electron chi connectivity index (χ4n) is 2.40. The van der Waals surface area contributed by atoms with Crippen LogP contribution in [0.4, 0.5) is 11.8 Å². The van der Waals surface area contributed by atoms with E-state index in [1.807, 2.05) is 31.3 Å². The number of anilines is 2. The number of aromatic nitrogens is 2. The van der Waals surface area contributed by atoms with Gasteiger partial charge in [-0.05, 0) is 30.9 Å². The highest BCUT2D eigenvalue weighted by molar-refractivity contribution is 5.43. The van der Waals surface area contributed by atoms with Crippen molar-refractivity contribution in [3.8, 4) is 0 Å². The fraction of sp³-hybridized carbons (Fsp3) is 0.692. The Labute approximate surface area is 109 Å². The third-order valence-corrected chi connectivity index (χ3v) is 3.77. The van der Waals surface area contributed by atoms with Crippen molar-refractivity contribution in [3.63, 3.8) is 0 Å². The largest absolute Gasteiger partial charge is 0.356 e. The second-order valence-corrected chi connectivity index (χ2v) is 5.32. The molecule has 2 heterocycles. The summed E-state index contributed by atoms with van der Waals surface area (Å²) >= 11 is 0. The van der Waals surface area contributed by atoms with Gasteiger partial charge in [0.15, 0.2) is 0 Å². The number of rotatable bonds is 3. The molecule has 2 rings (SSSR count). The highest BCUT2D eigenvalue weighted by atomic mass is 15.3. The topological polar surface area (TPSA) is 58.3 Å². The van der Waals surface area contributed by atoms with Gasteiger partial charge in [-0.3, -0.25) is 0 Å². The molecule has 1 aromatic rings. The fourth-order valence-corrected chi connectivity index (χ4v) is 2.40. The summed E-state index contributed by atoms with van der Waals surface area (Å²) in [6.45, 7) is 5.10. The van der Waals surface area contributed by atoms with Crippen LogP contribution in [0.25, 0.3) is 0 Å². The van der Waals surface area contributed by atoms with Crippen LogP contribution in [0.2, 0.25) is 0 Å². The molecule has 0 spiro atoms. The minimum Gasteiger partial charge on any atom is -0.356 e. The van der Waals surface area contributed by atoms with Crippen molar-refractivity contribution < 1.29 is 0 Å². The number of hydrogen-bond acceptors (Lipinski definition) is 5. The van der Waals surface area contributed by atoms with Crippen molar-refractivity contribution in [1.82, 2.24) is 9.97 Å².